The van der Waals surface area contributed by atoms with Crippen molar-refractivity contribution in [3.8, 4) is 0 Å². The first-order valence-corrected chi connectivity index (χ1v) is 7.03. The van der Waals surface area contributed by atoms with E-state index >= 15 is 0 Å². The number of pyridine rings is 1. The Bertz CT molecular complexity index is 372. The molecule has 0 spiro atoms. The van der Waals surface area contributed by atoms with Crippen LogP contribution in [0.3, 0.4) is 0 Å². The van der Waals surface area contributed by atoms with Crippen LogP contribution in [-0.2, 0) is 6.42 Å². The highest BCUT2D eigenvalue weighted by Crippen LogP contribution is 2.26. The van der Waals surface area contributed by atoms with E-state index in [1.54, 1.807) is 0 Å². The zero-order chi connectivity index (χ0) is 13.1. The summed E-state index contributed by atoms with van der Waals surface area (Å²) in [6.45, 7) is 7.77. The van der Waals surface area contributed by atoms with Gasteiger partial charge in [-0.05, 0) is 50.7 Å². The SMILES string of the molecule is CC(N)Cc1ccc(N2CC(C)CCC2C)nc1. The molecule has 0 aromatic carbocycles. The van der Waals surface area contributed by atoms with Gasteiger partial charge in [-0.1, -0.05) is 13.0 Å². The van der Waals surface area contributed by atoms with Crippen molar-refractivity contribution >= 4 is 5.82 Å². The molecule has 100 valence electrons. The van der Waals surface area contributed by atoms with E-state index in [2.05, 4.69) is 35.9 Å². The van der Waals surface area contributed by atoms with E-state index in [9.17, 15) is 0 Å². The van der Waals surface area contributed by atoms with Crippen LogP contribution < -0.4 is 10.6 Å². The maximum atomic E-state index is 5.81. The van der Waals surface area contributed by atoms with E-state index in [1.165, 1.54) is 18.4 Å². The predicted octanol–water partition coefficient (Wildman–Crippen LogP) is 2.60. The van der Waals surface area contributed by atoms with E-state index in [-0.39, 0.29) is 6.04 Å². The summed E-state index contributed by atoms with van der Waals surface area (Å²) in [5, 5.41) is 0. The fourth-order valence-corrected chi connectivity index (χ4v) is 2.69. The van der Waals surface area contributed by atoms with E-state index in [4.69, 9.17) is 5.73 Å². The van der Waals surface area contributed by atoms with Gasteiger partial charge in [-0.3, -0.25) is 0 Å². The molecular weight excluding hydrogens is 222 g/mol. The molecule has 3 atom stereocenters. The van der Waals surface area contributed by atoms with Crippen LogP contribution in [-0.4, -0.2) is 23.6 Å². The molecule has 1 fully saturated rings. The smallest absolute Gasteiger partial charge is 0.128 e. The number of hydrogen-bond acceptors (Lipinski definition) is 3. The maximum Gasteiger partial charge on any atom is 0.128 e. The first-order chi connectivity index (χ1) is 8.56. The fourth-order valence-electron chi connectivity index (χ4n) is 2.69. The summed E-state index contributed by atoms with van der Waals surface area (Å²) < 4.78 is 0. The molecule has 1 aromatic heterocycles. The lowest BCUT2D eigenvalue weighted by Crippen LogP contribution is -2.41. The standard InChI is InChI=1S/C15H25N3/c1-11-4-5-13(3)18(10-11)15-7-6-14(9-17-15)8-12(2)16/h6-7,9,11-13H,4-5,8,10,16H2,1-3H3. The molecule has 0 amide bonds. The van der Waals surface area contributed by atoms with Gasteiger partial charge >= 0.3 is 0 Å². The number of nitrogens with zero attached hydrogens (tertiary/aromatic N) is 2. The van der Waals surface area contributed by atoms with E-state index in [0.29, 0.717) is 6.04 Å². The molecule has 3 unspecified atom stereocenters. The Labute approximate surface area is 110 Å². The summed E-state index contributed by atoms with van der Waals surface area (Å²) in [6.07, 6.45) is 5.48. The highest BCUT2D eigenvalue weighted by atomic mass is 15.2. The molecular formula is C15H25N3. The Morgan fingerprint density at radius 2 is 2.17 bits per heavy atom. The monoisotopic (exact) mass is 247 g/mol. The van der Waals surface area contributed by atoms with Crippen LogP contribution in [0.5, 0.6) is 0 Å². The minimum atomic E-state index is 0.201. The van der Waals surface area contributed by atoms with E-state index in [0.717, 1.165) is 24.7 Å². The van der Waals surface area contributed by atoms with Gasteiger partial charge in [0.1, 0.15) is 5.82 Å². The summed E-state index contributed by atoms with van der Waals surface area (Å²) in [5.41, 5.74) is 7.04. The van der Waals surface area contributed by atoms with Gasteiger partial charge in [0.2, 0.25) is 0 Å². The second-order valence-corrected chi connectivity index (χ2v) is 5.89. The summed E-state index contributed by atoms with van der Waals surface area (Å²) in [6, 6.07) is 5.11. The van der Waals surface area contributed by atoms with E-state index in [1.807, 2.05) is 13.1 Å². The van der Waals surface area contributed by atoms with Crippen molar-refractivity contribution in [2.45, 2.75) is 52.1 Å². The molecule has 1 aliphatic heterocycles. The molecule has 2 N–H and O–H groups in total. The third-order valence-corrected chi connectivity index (χ3v) is 3.78. The van der Waals surface area contributed by atoms with Crippen LogP contribution in [0.4, 0.5) is 5.82 Å². The molecule has 0 radical (unpaired) electrons. The number of nitrogens with two attached hydrogens (primary N) is 1. The van der Waals surface area contributed by atoms with Crippen molar-refractivity contribution in [1.82, 2.24) is 4.98 Å². The van der Waals surface area contributed by atoms with Crippen molar-refractivity contribution in [1.29, 1.82) is 0 Å². The largest absolute Gasteiger partial charge is 0.354 e. The number of anilines is 1. The average Bonchev–Trinajstić information content (AvgIpc) is 2.33. The Morgan fingerprint density at radius 3 is 2.78 bits per heavy atom. The lowest BCUT2D eigenvalue weighted by molar-refractivity contribution is 0.388. The van der Waals surface area contributed by atoms with Crippen LogP contribution >= 0.6 is 0 Å². The highest BCUT2D eigenvalue weighted by molar-refractivity contribution is 5.41. The summed E-state index contributed by atoms with van der Waals surface area (Å²) >= 11 is 0. The summed E-state index contributed by atoms with van der Waals surface area (Å²) in [7, 11) is 0. The molecule has 1 aliphatic rings. The van der Waals surface area contributed by atoms with Crippen LogP contribution in [0.15, 0.2) is 18.3 Å². The molecule has 3 heteroatoms. The van der Waals surface area contributed by atoms with Crippen molar-refractivity contribution in [3.63, 3.8) is 0 Å². The fraction of sp³-hybridized carbons (Fsp3) is 0.667. The van der Waals surface area contributed by atoms with Gasteiger partial charge < -0.3 is 10.6 Å². The molecule has 0 saturated carbocycles. The zero-order valence-electron chi connectivity index (χ0n) is 11.8. The normalized spacial score (nSPS) is 26.1. The van der Waals surface area contributed by atoms with Gasteiger partial charge in [-0.25, -0.2) is 4.98 Å². The van der Waals surface area contributed by atoms with Gasteiger partial charge in [-0.15, -0.1) is 0 Å². The Kier molecular flexibility index (Phi) is 4.23. The minimum Gasteiger partial charge on any atom is -0.354 e. The first kappa shape index (κ1) is 13.3. The zero-order valence-corrected chi connectivity index (χ0v) is 11.8. The van der Waals surface area contributed by atoms with Crippen molar-refractivity contribution in [2.75, 3.05) is 11.4 Å². The minimum absolute atomic E-state index is 0.201. The van der Waals surface area contributed by atoms with Crippen LogP contribution in [0.25, 0.3) is 0 Å². The van der Waals surface area contributed by atoms with Crippen molar-refractivity contribution in [2.24, 2.45) is 11.7 Å². The molecule has 1 saturated heterocycles. The van der Waals surface area contributed by atoms with Gasteiger partial charge in [-0.2, -0.15) is 0 Å². The molecule has 0 aliphatic carbocycles. The van der Waals surface area contributed by atoms with Crippen LogP contribution in [0.2, 0.25) is 0 Å². The number of rotatable bonds is 3. The average molecular weight is 247 g/mol. The third kappa shape index (κ3) is 3.22. The topological polar surface area (TPSA) is 42.1 Å². The number of hydrogen-bond donors (Lipinski definition) is 1. The van der Waals surface area contributed by atoms with Gasteiger partial charge in [0.25, 0.3) is 0 Å². The second kappa shape index (κ2) is 5.70. The van der Waals surface area contributed by atoms with Crippen molar-refractivity contribution in [3.05, 3.63) is 23.9 Å². The molecule has 1 aromatic rings. The Hall–Kier alpha value is -1.09. The van der Waals surface area contributed by atoms with Gasteiger partial charge in [0.15, 0.2) is 0 Å². The number of piperidine rings is 1. The van der Waals surface area contributed by atoms with Crippen molar-refractivity contribution < 1.29 is 0 Å². The Morgan fingerprint density at radius 1 is 1.39 bits per heavy atom. The lowest BCUT2D eigenvalue weighted by Gasteiger charge is -2.37. The summed E-state index contributed by atoms with van der Waals surface area (Å²) in [5.74, 6) is 1.88. The maximum absolute atomic E-state index is 5.81. The molecule has 0 bridgehead atoms. The van der Waals surface area contributed by atoms with Crippen LogP contribution in [0.1, 0.15) is 39.2 Å². The number of aromatic nitrogens is 1. The summed E-state index contributed by atoms with van der Waals surface area (Å²) in [4.78, 5) is 7.04. The van der Waals surface area contributed by atoms with E-state index < -0.39 is 0 Å². The molecule has 18 heavy (non-hydrogen) atoms. The van der Waals surface area contributed by atoms with Crippen LogP contribution in [0, 0.1) is 5.92 Å². The molecule has 3 nitrogen and oxygen atoms in total. The van der Waals surface area contributed by atoms with Gasteiger partial charge in [0, 0.05) is 24.8 Å². The van der Waals surface area contributed by atoms with Gasteiger partial charge in [0.05, 0.1) is 0 Å². The first-order valence-electron chi connectivity index (χ1n) is 7.03. The predicted molar refractivity (Wildman–Crippen MR) is 76.8 cm³/mol. The molecule has 2 heterocycles. The second-order valence-electron chi connectivity index (χ2n) is 5.89. The molecule has 2 rings (SSSR count). The lowest BCUT2D eigenvalue weighted by atomic mass is 9.95. The quantitative estimate of drug-likeness (QED) is 0.892. The Balaban J connectivity index is 2.08. The highest BCUT2D eigenvalue weighted by Gasteiger charge is 2.23. The third-order valence-electron chi connectivity index (χ3n) is 3.78.